The molecule has 19 nitrogen and oxygen atoms in total. The lowest BCUT2D eigenvalue weighted by Gasteiger charge is -2.33. The Bertz CT molecular complexity index is 2960. The zero-order valence-corrected chi connectivity index (χ0v) is 39.4. The zero-order chi connectivity index (χ0) is 48.8. The third kappa shape index (κ3) is 11.3. The number of aromatic carboxylic acids is 1. The molecule has 1 unspecified atom stereocenters. The number of fused-ring (bicyclic) bond motifs is 4. The van der Waals surface area contributed by atoms with Crippen LogP contribution in [0.25, 0.3) is 11.6 Å². The number of anilines is 1. The Kier molecular flexibility index (Phi) is 15.4. The highest BCUT2D eigenvalue weighted by Crippen LogP contribution is 2.43. The third-order valence-electron chi connectivity index (χ3n) is 12.6. The van der Waals surface area contributed by atoms with E-state index in [1.54, 1.807) is 12.1 Å². The zero-order valence-electron chi connectivity index (χ0n) is 38.5. The summed E-state index contributed by atoms with van der Waals surface area (Å²) >= 11 is 0. The molecule has 1 aromatic heterocycles. The van der Waals surface area contributed by atoms with Crippen LogP contribution in [0.3, 0.4) is 0 Å². The summed E-state index contributed by atoms with van der Waals surface area (Å²) in [5, 5.41) is 17.7. The Labute approximate surface area is 397 Å². The molecule has 366 valence electrons. The number of hydrogen-bond donors (Lipinski definition) is 4. The van der Waals surface area contributed by atoms with Crippen LogP contribution in [0.1, 0.15) is 90.4 Å². The molecule has 3 aromatic carbocycles. The van der Waals surface area contributed by atoms with E-state index < -0.39 is 50.1 Å². The number of aromatic nitrogens is 2. The van der Waals surface area contributed by atoms with Crippen LogP contribution in [0, 0.1) is 0 Å². The fraction of sp³-hybridized carbons (Fsp3) is 0.408. The van der Waals surface area contributed by atoms with E-state index in [0.717, 1.165) is 83.8 Å². The fourth-order valence-corrected chi connectivity index (χ4v) is 9.66. The van der Waals surface area contributed by atoms with Crippen molar-refractivity contribution < 1.29 is 57.6 Å². The third-order valence-corrected chi connectivity index (χ3v) is 13.1. The summed E-state index contributed by atoms with van der Waals surface area (Å²) in [5.41, 5.74) is 4.13. The van der Waals surface area contributed by atoms with Crippen molar-refractivity contribution in [3.8, 4) is 17.2 Å². The molecule has 4 aliphatic heterocycles. The van der Waals surface area contributed by atoms with Crippen molar-refractivity contribution in [2.24, 2.45) is 0 Å². The quantitative estimate of drug-likeness (QED) is 0.0219. The standard InChI is InChI=1S/C49H56N5O14P/c1-4-20-64-68-42-27-45(67-43(42)29-65-69(60,61)62)54-28-32(47(56)51-49(54)59)11-7-17-50-44(55)14-10-21-63-33-15-16-34(35(24-33)48(57)58)46-36-22-30-12-8-18-52(5-2)38(30)25-40(36)66-41-26-39-31(23-37(41)46)13-9-19-53(39)6-3/h4,7,11,15-16,22-26,28,42-43,45H,1,5-6,8-10,12-14,17-21,27,29H2,2-3H3,(H4-,50,51,55,56,57,58,59,60,61,62)/b11-7+/t42?,43-,45-/m1/s1. The highest BCUT2D eigenvalue weighted by molar-refractivity contribution is 7.46. The average Bonchev–Trinajstić information content (AvgIpc) is 3.74. The summed E-state index contributed by atoms with van der Waals surface area (Å²) in [5.74, 6) is -0.000133. The summed E-state index contributed by atoms with van der Waals surface area (Å²) in [6.45, 7) is 11.0. The average molecular weight is 970 g/mol. The highest BCUT2D eigenvalue weighted by atomic mass is 31.2. The van der Waals surface area contributed by atoms with E-state index in [-0.39, 0.29) is 49.6 Å². The van der Waals surface area contributed by atoms with E-state index in [2.05, 4.69) is 69.0 Å². The van der Waals surface area contributed by atoms with E-state index >= 15 is 0 Å². The maximum Gasteiger partial charge on any atom is 0.469 e. The minimum absolute atomic E-state index is 0.00325. The lowest BCUT2D eigenvalue weighted by Crippen LogP contribution is -2.39. The number of hydrogen-bond acceptors (Lipinski definition) is 13. The molecule has 4 aromatic rings. The maximum atomic E-state index is 13.0. The van der Waals surface area contributed by atoms with Crippen molar-refractivity contribution in [3.05, 3.63) is 132 Å². The molecule has 0 saturated carbocycles. The van der Waals surface area contributed by atoms with Gasteiger partial charge in [0.2, 0.25) is 11.3 Å². The van der Waals surface area contributed by atoms with Crippen LogP contribution in [-0.2, 0) is 41.2 Å². The van der Waals surface area contributed by atoms with Crippen molar-refractivity contribution in [2.45, 2.75) is 77.2 Å². The Morgan fingerprint density at radius 3 is 2.67 bits per heavy atom. The van der Waals surface area contributed by atoms with E-state index in [9.17, 15) is 28.8 Å². The Balaban J connectivity index is 0.923. The van der Waals surface area contributed by atoms with Crippen LogP contribution in [0.4, 0.5) is 5.69 Å². The predicted octanol–water partition coefficient (Wildman–Crippen LogP) is 2.37. The lowest BCUT2D eigenvalue weighted by atomic mass is 9.86. The van der Waals surface area contributed by atoms with Gasteiger partial charge in [-0.3, -0.25) is 23.7 Å². The van der Waals surface area contributed by atoms with E-state index in [4.69, 9.17) is 33.8 Å². The SMILES string of the molecule is C=CCOOC1C[C@H](n2cc(/C=C/CNC(=O)CCCOc3ccc(C4=c5cc6c(cc5Oc5cc7c(cc54)CCCN7CC)=[N+](CC)CCC6)c(C(=O)[O-])c3)c(=O)[nH]c2=O)O[C@@H]1COP(=O)(O)O. The number of amides is 1. The molecule has 0 aliphatic carbocycles. The van der Waals surface area contributed by atoms with Crippen LogP contribution in [0.15, 0.2) is 77.0 Å². The Morgan fingerprint density at radius 1 is 1.07 bits per heavy atom. The highest BCUT2D eigenvalue weighted by Gasteiger charge is 2.40. The number of carboxylic acid groups (broad SMARTS) is 1. The minimum Gasteiger partial charge on any atom is -0.545 e. The van der Waals surface area contributed by atoms with Crippen molar-refractivity contribution >= 4 is 37.0 Å². The number of nitrogens with zero attached hydrogens (tertiary/aromatic N) is 3. The minimum atomic E-state index is -4.85. The molecule has 4 aliphatic rings. The molecule has 5 heterocycles. The van der Waals surface area contributed by atoms with Gasteiger partial charge in [-0.25, -0.2) is 23.7 Å². The van der Waals surface area contributed by atoms with Crippen molar-refractivity contribution in [2.75, 3.05) is 57.4 Å². The monoisotopic (exact) mass is 969 g/mol. The summed E-state index contributed by atoms with van der Waals surface area (Å²) in [4.78, 5) is 84.4. The maximum absolute atomic E-state index is 13.0. The van der Waals surface area contributed by atoms with Crippen LogP contribution in [-0.4, -0.2) is 96.0 Å². The summed E-state index contributed by atoms with van der Waals surface area (Å²) in [6.07, 6.45) is 6.89. The van der Waals surface area contributed by atoms with E-state index in [1.807, 2.05) is 0 Å². The Morgan fingerprint density at radius 2 is 1.90 bits per heavy atom. The van der Waals surface area contributed by atoms with E-state index in [1.165, 1.54) is 41.6 Å². The first-order chi connectivity index (χ1) is 33.2. The molecule has 69 heavy (non-hydrogen) atoms. The van der Waals surface area contributed by atoms with Gasteiger partial charge in [-0.05, 0) is 81.0 Å². The number of carbonyl (C=O) groups is 2. The van der Waals surface area contributed by atoms with Crippen LogP contribution in [0.2, 0.25) is 0 Å². The van der Waals surface area contributed by atoms with Gasteiger partial charge in [0, 0.05) is 84.3 Å². The first-order valence-electron chi connectivity index (χ1n) is 23.2. The summed E-state index contributed by atoms with van der Waals surface area (Å²) in [7, 11) is -4.85. The topological polar surface area (TPSA) is 243 Å². The molecule has 1 saturated heterocycles. The van der Waals surface area contributed by atoms with Crippen LogP contribution >= 0.6 is 7.82 Å². The van der Waals surface area contributed by atoms with Crippen molar-refractivity contribution in [1.82, 2.24) is 19.4 Å². The number of aromatic amines is 1. The Hall–Kier alpha value is -6.18. The summed E-state index contributed by atoms with van der Waals surface area (Å²) in [6, 6.07) is 13.5. The van der Waals surface area contributed by atoms with Gasteiger partial charge in [0.1, 0.15) is 55.4 Å². The molecule has 1 fully saturated rings. The number of phosphoric ester groups is 1. The van der Waals surface area contributed by atoms with E-state index in [0.29, 0.717) is 29.2 Å². The molecular formula is C49H56N5O14P. The number of ether oxygens (including phenoxy) is 3. The first kappa shape index (κ1) is 49.2. The number of rotatable bonds is 20. The fourth-order valence-electron chi connectivity index (χ4n) is 9.32. The molecular weight excluding hydrogens is 914 g/mol. The van der Waals surface area contributed by atoms with Gasteiger partial charge in [-0.1, -0.05) is 18.2 Å². The second-order valence-corrected chi connectivity index (χ2v) is 18.3. The van der Waals surface area contributed by atoms with Gasteiger partial charge in [-0.2, -0.15) is 0 Å². The lowest BCUT2D eigenvalue weighted by molar-refractivity contribution is -0.324. The number of carboxylic acids is 1. The number of aryl methyl sites for hydroxylation is 2. The molecule has 20 heteroatoms. The van der Waals surface area contributed by atoms with Gasteiger partial charge in [0.15, 0.2) is 0 Å². The molecule has 0 spiro atoms. The molecule has 1 amide bonds. The van der Waals surface area contributed by atoms with Gasteiger partial charge < -0.3 is 44.1 Å². The molecule has 0 radical (unpaired) electrons. The number of nitrogens with one attached hydrogen (secondary N) is 2. The van der Waals surface area contributed by atoms with Crippen molar-refractivity contribution in [3.63, 3.8) is 0 Å². The smallest absolute Gasteiger partial charge is 0.469 e. The van der Waals surface area contributed by atoms with Crippen LogP contribution < -0.4 is 51.2 Å². The number of benzene rings is 3. The van der Waals surface area contributed by atoms with Gasteiger partial charge in [0.25, 0.3) is 5.56 Å². The van der Waals surface area contributed by atoms with Gasteiger partial charge >= 0.3 is 13.5 Å². The van der Waals surface area contributed by atoms with Gasteiger partial charge in [-0.15, -0.1) is 6.58 Å². The second kappa shape index (κ2) is 21.6. The predicted molar refractivity (Wildman–Crippen MR) is 251 cm³/mol. The van der Waals surface area contributed by atoms with Crippen LogP contribution in [0.5, 0.6) is 17.2 Å². The number of H-pyrrole nitrogens is 1. The molecule has 0 bridgehead atoms. The van der Waals surface area contributed by atoms with Crippen molar-refractivity contribution in [1.29, 1.82) is 0 Å². The first-order valence-corrected chi connectivity index (χ1v) is 24.7. The molecule has 8 rings (SSSR count). The number of phosphoric acid groups is 1. The largest absolute Gasteiger partial charge is 0.545 e. The van der Waals surface area contributed by atoms with Gasteiger partial charge in [0.05, 0.1) is 30.8 Å². The number of carbonyl (C=O) groups excluding carboxylic acids is 2. The molecule has 3 atom stereocenters. The second-order valence-electron chi connectivity index (χ2n) is 17.1. The normalized spacial score (nSPS) is 18.6. The summed E-state index contributed by atoms with van der Waals surface area (Å²) < 4.78 is 37.9. The molecule has 4 N–H and O–H groups in total.